The lowest BCUT2D eigenvalue weighted by atomic mass is 10.1. The van der Waals surface area contributed by atoms with Crippen LogP contribution in [0.4, 0.5) is 5.69 Å². The van der Waals surface area contributed by atoms with Gasteiger partial charge in [0.05, 0.1) is 11.1 Å². The molecule has 0 radical (unpaired) electrons. The number of unbranched alkanes of at least 4 members (excludes halogenated alkanes) is 1. The Bertz CT molecular complexity index is 998. The number of aromatic nitrogens is 2. The van der Waals surface area contributed by atoms with Crippen molar-refractivity contribution in [2.45, 2.75) is 45.1 Å². The number of carbonyl (C=O) groups is 3. The molecule has 1 saturated heterocycles. The molecule has 0 saturated carbocycles. The molecule has 28 heavy (non-hydrogen) atoms. The summed E-state index contributed by atoms with van der Waals surface area (Å²) in [6.07, 6.45) is 2.19. The second-order valence-electron chi connectivity index (χ2n) is 6.80. The van der Waals surface area contributed by atoms with Gasteiger partial charge in [0, 0.05) is 12.8 Å². The Morgan fingerprint density at radius 3 is 2.82 bits per heavy atom. The quantitative estimate of drug-likeness (QED) is 0.496. The zero-order chi connectivity index (χ0) is 20.3. The first-order chi connectivity index (χ1) is 13.4. The fourth-order valence-electron chi connectivity index (χ4n) is 3.37. The van der Waals surface area contributed by atoms with Gasteiger partial charge in [-0.3, -0.25) is 29.1 Å². The number of piperidine rings is 1. The molecule has 3 amide bonds. The number of carbonyl (C=O) groups excluding carboxylic acids is 3. The molecule has 9 heteroatoms. The number of hydrogen-bond donors (Lipinski definition) is 3. The zero-order valence-electron chi connectivity index (χ0n) is 15.7. The Morgan fingerprint density at radius 1 is 1.32 bits per heavy atom. The van der Waals surface area contributed by atoms with Gasteiger partial charge in [0.15, 0.2) is 0 Å². The number of anilines is 1. The molecule has 1 aliphatic rings. The molecule has 1 fully saturated rings. The van der Waals surface area contributed by atoms with E-state index >= 15 is 0 Å². The smallest absolute Gasteiger partial charge is 0.262 e. The Balaban J connectivity index is 1.97. The summed E-state index contributed by atoms with van der Waals surface area (Å²) in [5.41, 5.74) is 5.89. The highest BCUT2D eigenvalue weighted by Crippen LogP contribution is 2.23. The molecule has 2 aromatic rings. The van der Waals surface area contributed by atoms with Crippen molar-refractivity contribution in [3.05, 3.63) is 34.4 Å². The average molecular weight is 385 g/mol. The maximum absolute atomic E-state index is 13.1. The molecule has 1 aromatic carbocycles. The van der Waals surface area contributed by atoms with Crippen LogP contribution in [-0.2, 0) is 14.4 Å². The number of amides is 3. The van der Waals surface area contributed by atoms with Crippen LogP contribution in [-0.4, -0.2) is 33.8 Å². The van der Waals surface area contributed by atoms with Crippen molar-refractivity contribution in [3.8, 4) is 0 Å². The number of nitrogens with zero attached hydrogens (tertiary/aromatic N) is 2. The highest BCUT2D eigenvalue weighted by atomic mass is 16.2. The summed E-state index contributed by atoms with van der Waals surface area (Å²) in [5.74, 6) is -0.682. The molecule has 9 nitrogen and oxygen atoms in total. The van der Waals surface area contributed by atoms with E-state index in [-0.39, 0.29) is 30.2 Å². The maximum Gasteiger partial charge on any atom is 0.262 e. The van der Waals surface area contributed by atoms with E-state index in [1.807, 2.05) is 0 Å². The molecular weight excluding hydrogens is 362 g/mol. The topological polar surface area (TPSA) is 136 Å². The van der Waals surface area contributed by atoms with Crippen LogP contribution >= 0.6 is 0 Å². The van der Waals surface area contributed by atoms with Gasteiger partial charge >= 0.3 is 0 Å². The minimum absolute atomic E-state index is 0.166. The third kappa shape index (κ3) is 3.94. The highest BCUT2D eigenvalue weighted by Gasteiger charge is 2.30. The Labute approximate surface area is 161 Å². The molecule has 0 aliphatic carbocycles. The van der Waals surface area contributed by atoms with Crippen molar-refractivity contribution in [2.75, 3.05) is 11.9 Å². The average Bonchev–Trinajstić information content (AvgIpc) is 2.64. The molecule has 1 atom stereocenters. The normalized spacial score (nSPS) is 16.9. The van der Waals surface area contributed by atoms with E-state index < -0.39 is 11.9 Å². The fraction of sp³-hybridized carbons (Fsp3) is 0.421. The maximum atomic E-state index is 13.1. The first kappa shape index (κ1) is 19.7. The number of rotatable bonds is 6. The Morgan fingerprint density at radius 2 is 2.11 bits per heavy atom. The van der Waals surface area contributed by atoms with Gasteiger partial charge in [-0.05, 0) is 44.9 Å². The predicted molar refractivity (Wildman–Crippen MR) is 104 cm³/mol. The molecule has 0 spiro atoms. The fourth-order valence-corrected chi connectivity index (χ4v) is 3.37. The van der Waals surface area contributed by atoms with Crippen LogP contribution in [0.2, 0.25) is 0 Å². The van der Waals surface area contributed by atoms with E-state index in [0.29, 0.717) is 41.8 Å². The van der Waals surface area contributed by atoms with E-state index in [0.717, 1.165) is 6.42 Å². The number of benzene rings is 1. The van der Waals surface area contributed by atoms with E-state index in [9.17, 15) is 19.2 Å². The Hall–Kier alpha value is -3.07. The van der Waals surface area contributed by atoms with Gasteiger partial charge in [-0.25, -0.2) is 4.98 Å². The van der Waals surface area contributed by atoms with Gasteiger partial charge in [0.1, 0.15) is 17.4 Å². The standard InChI is InChI=1S/C19H23N5O4/c1-11-21-17-12(5-4-6-13(17)22-15(25)7-2-3-10-20)19(28)24(11)14-8-9-16(26)23-18(14)27/h4-6,14H,2-3,7-10,20H2,1H3,(H,22,25)(H,23,26,27). The molecule has 1 aliphatic heterocycles. The minimum atomic E-state index is -0.781. The number of imide groups is 1. The van der Waals surface area contributed by atoms with Gasteiger partial charge in [0.2, 0.25) is 17.7 Å². The molecule has 2 heterocycles. The number of nitrogens with one attached hydrogen (secondary N) is 2. The number of para-hydroxylation sites is 1. The second-order valence-corrected chi connectivity index (χ2v) is 6.80. The molecule has 148 valence electrons. The highest BCUT2D eigenvalue weighted by molar-refractivity contribution is 6.01. The third-order valence-electron chi connectivity index (χ3n) is 4.76. The third-order valence-corrected chi connectivity index (χ3v) is 4.76. The summed E-state index contributed by atoms with van der Waals surface area (Å²) < 4.78 is 1.32. The SMILES string of the molecule is Cc1nc2c(NC(=O)CCCCN)cccc2c(=O)n1C1CCC(=O)NC1=O. The summed E-state index contributed by atoms with van der Waals surface area (Å²) in [7, 11) is 0. The zero-order valence-corrected chi connectivity index (χ0v) is 15.7. The summed E-state index contributed by atoms with van der Waals surface area (Å²) >= 11 is 0. The van der Waals surface area contributed by atoms with Crippen molar-refractivity contribution in [2.24, 2.45) is 5.73 Å². The van der Waals surface area contributed by atoms with Gasteiger partial charge in [-0.2, -0.15) is 0 Å². The number of nitrogens with two attached hydrogens (primary N) is 1. The monoisotopic (exact) mass is 385 g/mol. The lowest BCUT2D eigenvalue weighted by Gasteiger charge is -2.24. The number of fused-ring (bicyclic) bond motifs is 1. The summed E-state index contributed by atoms with van der Waals surface area (Å²) in [4.78, 5) is 53.3. The van der Waals surface area contributed by atoms with Gasteiger partial charge in [-0.15, -0.1) is 0 Å². The van der Waals surface area contributed by atoms with Crippen molar-refractivity contribution in [1.29, 1.82) is 0 Å². The lowest BCUT2D eigenvalue weighted by Crippen LogP contribution is -2.45. The summed E-state index contributed by atoms with van der Waals surface area (Å²) in [6, 6.07) is 4.17. The molecule has 3 rings (SSSR count). The first-order valence-electron chi connectivity index (χ1n) is 9.28. The van der Waals surface area contributed by atoms with E-state index in [2.05, 4.69) is 15.6 Å². The number of hydrogen-bond acceptors (Lipinski definition) is 6. The first-order valence-corrected chi connectivity index (χ1v) is 9.28. The van der Waals surface area contributed by atoms with E-state index in [1.54, 1.807) is 25.1 Å². The van der Waals surface area contributed by atoms with Crippen LogP contribution in [0.1, 0.15) is 44.0 Å². The molecule has 1 unspecified atom stereocenters. The van der Waals surface area contributed by atoms with Gasteiger partial charge < -0.3 is 11.1 Å². The van der Waals surface area contributed by atoms with Crippen molar-refractivity contribution in [1.82, 2.24) is 14.9 Å². The van der Waals surface area contributed by atoms with Gasteiger partial charge in [0.25, 0.3) is 5.56 Å². The van der Waals surface area contributed by atoms with E-state index in [1.165, 1.54) is 4.57 Å². The lowest BCUT2D eigenvalue weighted by molar-refractivity contribution is -0.135. The van der Waals surface area contributed by atoms with Crippen molar-refractivity contribution >= 4 is 34.3 Å². The summed E-state index contributed by atoms with van der Waals surface area (Å²) in [6.45, 7) is 2.16. The van der Waals surface area contributed by atoms with E-state index in [4.69, 9.17) is 5.73 Å². The Kier molecular flexibility index (Phi) is 5.84. The van der Waals surface area contributed by atoms with Gasteiger partial charge in [-0.1, -0.05) is 6.07 Å². The number of aryl methyl sites for hydroxylation is 1. The molecular formula is C19H23N5O4. The molecule has 0 bridgehead atoms. The second kappa shape index (κ2) is 8.30. The predicted octanol–water partition coefficient (Wildman–Crippen LogP) is 0.750. The van der Waals surface area contributed by atoms with Crippen LogP contribution in [0, 0.1) is 6.92 Å². The van der Waals surface area contributed by atoms with Crippen LogP contribution in [0.15, 0.2) is 23.0 Å². The van der Waals surface area contributed by atoms with Crippen LogP contribution in [0.25, 0.3) is 10.9 Å². The molecule has 4 N–H and O–H groups in total. The van der Waals surface area contributed by atoms with Crippen molar-refractivity contribution in [3.63, 3.8) is 0 Å². The minimum Gasteiger partial charge on any atom is -0.330 e. The van der Waals surface area contributed by atoms with Crippen LogP contribution in [0.5, 0.6) is 0 Å². The van der Waals surface area contributed by atoms with Crippen LogP contribution < -0.4 is 21.9 Å². The van der Waals surface area contributed by atoms with Crippen molar-refractivity contribution < 1.29 is 14.4 Å². The summed E-state index contributed by atoms with van der Waals surface area (Å²) in [5, 5.41) is 5.36. The van der Waals surface area contributed by atoms with Crippen LogP contribution in [0.3, 0.4) is 0 Å². The molecule has 1 aromatic heterocycles. The largest absolute Gasteiger partial charge is 0.330 e.